The number of hydrogen-bond donors (Lipinski definition) is 1. The van der Waals surface area contributed by atoms with Crippen LogP contribution in [0.5, 0.6) is 0 Å². The molecule has 17 heavy (non-hydrogen) atoms. The molecule has 1 aliphatic heterocycles. The molecule has 1 fully saturated rings. The van der Waals surface area contributed by atoms with Crippen LogP contribution in [-0.4, -0.2) is 29.6 Å². The average molecular weight is 277 g/mol. The highest BCUT2D eigenvalue weighted by molar-refractivity contribution is 7.92. The third kappa shape index (κ3) is 2.87. The topological polar surface area (TPSA) is 79.9 Å². The van der Waals surface area contributed by atoms with Gasteiger partial charge in [0.2, 0.25) is 0 Å². The van der Waals surface area contributed by atoms with E-state index in [0.717, 1.165) is 12.8 Å². The summed E-state index contributed by atoms with van der Waals surface area (Å²) in [5.41, 5.74) is 0.0620. The summed E-state index contributed by atoms with van der Waals surface area (Å²) in [7, 11) is -3.02. The lowest BCUT2D eigenvalue weighted by Gasteiger charge is -2.21. The fourth-order valence-electron chi connectivity index (χ4n) is 2.01. The van der Waals surface area contributed by atoms with Crippen molar-refractivity contribution in [1.82, 2.24) is 10.2 Å². The van der Waals surface area contributed by atoms with E-state index in [4.69, 9.17) is 11.6 Å². The zero-order valence-corrected chi connectivity index (χ0v) is 10.7. The monoisotopic (exact) mass is 276 g/mol. The fourth-order valence-corrected chi connectivity index (χ4v) is 4.07. The van der Waals surface area contributed by atoms with Crippen LogP contribution in [0.25, 0.3) is 0 Å². The highest BCUT2D eigenvalue weighted by Crippen LogP contribution is 2.22. The van der Waals surface area contributed by atoms with Crippen LogP contribution in [0.4, 0.5) is 0 Å². The Kier molecular flexibility index (Phi) is 3.53. The van der Waals surface area contributed by atoms with Crippen LogP contribution in [0.1, 0.15) is 25.0 Å². The van der Waals surface area contributed by atoms with Crippen molar-refractivity contribution in [1.29, 1.82) is 0 Å². The number of H-pyrrole nitrogens is 1. The van der Waals surface area contributed by atoms with Gasteiger partial charge in [0.15, 0.2) is 9.84 Å². The Balaban J connectivity index is 2.20. The molecule has 2 heterocycles. The number of aromatic amines is 1. The number of halogens is 1. The third-order valence-corrected chi connectivity index (χ3v) is 5.52. The van der Waals surface area contributed by atoms with Gasteiger partial charge >= 0.3 is 0 Å². The van der Waals surface area contributed by atoms with Gasteiger partial charge < -0.3 is 0 Å². The predicted octanol–water partition coefficient (Wildman–Crippen LogP) is 0.933. The van der Waals surface area contributed by atoms with Gasteiger partial charge in [-0.3, -0.25) is 4.79 Å². The molecule has 1 aliphatic rings. The quantitative estimate of drug-likeness (QED) is 0.871. The van der Waals surface area contributed by atoms with Crippen molar-refractivity contribution in [3.05, 3.63) is 27.1 Å². The summed E-state index contributed by atoms with van der Waals surface area (Å²) < 4.78 is 23.6. The molecule has 1 aromatic heterocycles. The van der Waals surface area contributed by atoms with Crippen LogP contribution in [-0.2, 0) is 16.3 Å². The maximum atomic E-state index is 11.8. The summed E-state index contributed by atoms with van der Waals surface area (Å²) in [5.74, 6) is 0.245. The van der Waals surface area contributed by atoms with Crippen molar-refractivity contribution in [3.63, 3.8) is 0 Å². The third-order valence-electron chi connectivity index (χ3n) is 2.96. The van der Waals surface area contributed by atoms with Crippen molar-refractivity contribution in [2.45, 2.75) is 30.9 Å². The van der Waals surface area contributed by atoms with E-state index in [1.54, 1.807) is 0 Å². The second kappa shape index (κ2) is 4.78. The summed E-state index contributed by atoms with van der Waals surface area (Å²) in [6.07, 6.45) is 2.62. The van der Waals surface area contributed by atoms with E-state index in [1.807, 2.05) is 0 Å². The molecule has 0 aliphatic carbocycles. The number of rotatable bonds is 2. The highest BCUT2D eigenvalue weighted by Gasteiger charge is 2.29. The lowest BCUT2D eigenvalue weighted by atomic mass is 10.1. The first-order valence-corrected chi connectivity index (χ1v) is 7.54. The van der Waals surface area contributed by atoms with E-state index in [0.29, 0.717) is 18.5 Å². The Labute approximate surface area is 104 Å². The SMILES string of the molecule is O=c1[nH]nc(CC2CCCCS2(=O)=O)cc1Cl. The lowest BCUT2D eigenvalue weighted by molar-refractivity contribution is 0.535. The summed E-state index contributed by atoms with van der Waals surface area (Å²) in [5, 5.41) is 5.71. The zero-order valence-electron chi connectivity index (χ0n) is 9.15. The Morgan fingerprint density at radius 3 is 2.88 bits per heavy atom. The fraction of sp³-hybridized carbons (Fsp3) is 0.600. The number of aromatic nitrogens is 2. The van der Waals surface area contributed by atoms with Gasteiger partial charge in [-0.05, 0) is 18.9 Å². The average Bonchev–Trinajstić information content (AvgIpc) is 2.26. The largest absolute Gasteiger partial charge is 0.282 e. The summed E-state index contributed by atoms with van der Waals surface area (Å²) >= 11 is 5.67. The second-order valence-corrected chi connectivity index (χ2v) is 7.03. The number of nitrogens with one attached hydrogen (secondary N) is 1. The normalized spacial score (nSPS) is 23.5. The highest BCUT2D eigenvalue weighted by atomic mass is 35.5. The number of hydrogen-bond acceptors (Lipinski definition) is 4. The number of nitrogens with zero attached hydrogens (tertiary/aromatic N) is 1. The van der Waals surface area contributed by atoms with Crippen LogP contribution in [0.15, 0.2) is 10.9 Å². The van der Waals surface area contributed by atoms with Gasteiger partial charge in [-0.25, -0.2) is 13.5 Å². The van der Waals surface area contributed by atoms with E-state index >= 15 is 0 Å². The first-order valence-electron chi connectivity index (χ1n) is 5.45. The van der Waals surface area contributed by atoms with Gasteiger partial charge in [0.05, 0.1) is 16.7 Å². The molecular formula is C10H13ClN2O3S. The maximum Gasteiger partial charge on any atom is 0.282 e. The van der Waals surface area contributed by atoms with Gasteiger partial charge in [-0.2, -0.15) is 5.10 Å². The molecule has 1 N–H and O–H groups in total. The molecule has 94 valence electrons. The molecule has 7 heteroatoms. The molecule has 1 aromatic rings. The van der Waals surface area contributed by atoms with Crippen LogP contribution < -0.4 is 5.56 Å². The Bertz CT molecular complexity index is 567. The van der Waals surface area contributed by atoms with Crippen LogP contribution in [0.3, 0.4) is 0 Å². The molecule has 2 rings (SSSR count). The van der Waals surface area contributed by atoms with Gasteiger partial charge in [0, 0.05) is 6.42 Å². The Hall–Kier alpha value is -0.880. The molecule has 0 radical (unpaired) electrons. The van der Waals surface area contributed by atoms with E-state index in [-0.39, 0.29) is 10.8 Å². The molecule has 5 nitrogen and oxygen atoms in total. The van der Waals surface area contributed by atoms with E-state index in [2.05, 4.69) is 10.2 Å². The molecule has 0 bridgehead atoms. The molecule has 0 spiro atoms. The summed E-state index contributed by atoms with van der Waals surface area (Å²) in [6.45, 7) is 0. The molecule has 0 amide bonds. The van der Waals surface area contributed by atoms with Crippen molar-refractivity contribution in [3.8, 4) is 0 Å². The van der Waals surface area contributed by atoms with Gasteiger partial charge in [0.25, 0.3) is 5.56 Å². The first-order chi connectivity index (χ1) is 7.99. The van der Waals surface area contributed by atoms with Gasteiger partial charge in [0.1, 0.15) is 5.02 Å². The van der Waals surface area contributed by atoms with Crippen molar-refractivity contribution >= 4 is 21.4 Å². The molecule has 1 saturated heterocycles. The van der Waals surface area contributed by atoms with Crippen molar-refractivity contribution in [2.24, 2.45) is 0 Å². The predicted molar refractivity (Wildman–Crippen MR) is 65.0 cm³/mol. The van der Waals surface area contributed by atoms with Gasteiger partial charge in [-0.1, -0.05) is 18.0 Å². The molecular weight excluding hydrogens is 264 g/mol. The minimum atomic E-state index is -3.02. The van der Waals surface area contributed by atoms with Crippen molar-refractivity contribution < 1.29 is 8.42 Å². The minimum Gasteiger partial charge on any atom is -0.266 e. The van der Waals surface area contributed by atoms with Crippen LogP contribution in [0.2, 0.25) is 5.02 Å². The van der Waals surface area contributed by atoms with Crippen LogP contribution >= 0.6 is 11.6 Å². The van der Waals surface area contributed by atoms with E-state index in [9.17, 15) is 13.2 Å². The standard InChI is InChI=1S/C10H13ClN2O3S/c11-9-6-7(12-13-10(9)14)5-8-3-1-2-4-17(8,15)16/h6,8H,1-5H2,(H,13,14). The number of sulfone groups is 1. The van der Waals surface area contributed by atoms with E-state index < -0.39 is 20.6 Å². The lowest BCUT2D eigenvalue weighted by Crippen LogP contribution is -2.30. The maximum absolute atomic E-state index is 11.8. The molecule has 1 unspecified atom stereocenters. The molecule has 0 aromatic carbocycles. The molecule has 1 atom stereocenters. The minimum absolute atomic E-state index is 0.0446. The molecule has 0 saturated carbocycles. The zero-order chi connectivity index (χ0) is 12.5. The smallest absolute Gasteiger partial charge is 0.266 e. The van der Waals surface area contributed by atoms with Crippen LogP contribution in [0, 0.1) is 0 Å². The van der Waals surface area contributed by atoms with Crippen molar-refractivity contribution in [2.75, 3.05) is 5.75 Å². The van der Waals surface area contributed by atoms with E-state index in [1.165, 1.54) is 6.07 Å². The summed E-state index contributed by atoms with van der Waals surface area (Å²) in [6, 6.07) is 1.44. The second-order valence-electron chi connectivity index (χ2n) is 4.23. The van der Waals surface area contributed by atoms with Gasteiger partial charge in [-0.15, -0.1) is 0 Å². The Morgan fingerprint density at radius 2 is 2.24 bits per heavy atom. The first kappa shape index (κ1) is 12.6. The summed E-state index contributed by atoms with van der Waals surface area (Å²) in [4.78, 5) is 11.0. The Morgan fingerprint density at radius 1 is 1.47 bits per heavy atom.